The number of hydrogen-bond acceptors (Lipinski definition) is 1. The summed E-state index contributed by atoms with van der Waals surface area (Å²) in [5.41, 5.74) is 3.12. The Morgan fingerprint density at radius 2 is 2.07 bits per heavy atom. The average molecular weight is 204 g/mol. The van der Waals surface area contributed by atoms with Crippen LogP contribution in [0, 0.1) is 13.8 Å². The molecular weight excluding hydrogens is 187 g/mol. The Bertz CT molecular complexity index is 349. The molecule has 1 heterocycles. The van der Waals surface area contributed by atoms with Gasteiger partial charge in [0.25, 0.3) is 0 Å². The highest BCUT2D eigenvalue weighted by Gasteiger charge is 2.25. The minimum absolute atomic E-state index is 0.0228. The van der Waals surface area contributed by atoms with Crippen LogP contribution >= 0.6 is 11.3 Å². The van der Waals surface area contributed by atoms with Gasteiger partial charge in [0.05, 0.1) is 7.85 Å². The van der Waals surface area contributed by atoms with Crippen molar-refractivity contribution in [2.75, 3.05) is 0 Å². The Kier molecular flexibility index (Phi) is 2.51. The Hall–Kier alpha value is -0.235. The summed E-state index contributed by atoms with van der Waals surface area (Å²) >= 11 is 1.95. The maximum absolute atomic E-state index is 6.26. The van der Waals surface area contributed by atoms with Gasteiger partial charge in [-0.3, -0.25) is 0 Å². The topological polar surface area (TPSA) is 0 Å². The first-order chi connectivity index (χ1) is 6.49. The molecule has 0 nitrogen and oxygen atoms in total. The third-order valence-corrected chi connectivity index (χ3v) is 4.58. The third kappa shape index (κ3) is 1.77. The van der Waals surface area contributed by atoms with Gasteiger partial charge in [0, 0.05) is 9.75 Å². The molecule has 0 aromatic carbocycles. The molecule has 2 rings (SSSR count). The van der Waals surface area contributed by atoms with Gasteiger partial charge in [-0.05, 0) is 44.2 Å². The molecule has 0 N–H and O–H groups in total. The van der Waals surface area contributed by atoms with Crippen molar-refractivity contribution in [1.82, 2.24) is 0 Å². The normalized spacial score (nSPS) is 27.1. The van der Waals surface area contributed by atoms with Crippen molar-refractivity contribution >= 4 is 19.2 Å². The molecule has 0 saturated heterocycles. The monoisotopic (exact) mass is 204 g/mol. The molecule has 74 valence electrons. The van der Waals surface area contributed by atoms with Crippen molar-refractivity contribution in [2.24, 2.45) is 0 Å². The summed E-state index contributed by atoms with van der Waals surface area (Å²) in [6, 6.07) is 0. The highest BCUT2D eigenvalue weighted by Crippen LogP contribution is 2.41. The van der Waals surface area contributed by atoms with Crippen molar-refractivity contribution in [3.05, 3.63) is 20.9 Å². The molecular formula is C12H17BS. The summed E-state index contributed by atoms with van der Waals surface area (Å²) in [5.74, 6) is 0. The van der Waals surface area contributed by atoms with Crippen LogP contribution in [0.3, 0.4) is 0 Å². The first-order valence-corrected chi connectivity index (χ1v) is 6.18. The van der Waals surface area contributed by atoms with Crippen LogP contribution in [0.25, 0.3) is 0 Å². The second-order valence-corrected chi connectivity index (χ2v) is 6.18. The van der Waals surface area contributed by atoms with E-state index in [0.29, 0.717) is 0 Å². The fraction of sp³-hybridized carbons (Fsp3) is 0.667. The van der Waals surface area contributed by atoms with Gasteiger partial charge in [0.2, 0.25) is 0 Å². The van der Waals surface area contributed by atoms with E-state index in [-0.39, 0.29) is 5.31 Å². The molecule has 14 heavy (non-hydrogen) atoms. The van der Waals surface area contributed by atoms with E-state index in [9.17, 15) is 0 Å². The second kappa shape index (κ2) is 3.41. The van der Waals surface area contributed by atoms with Gasteiger partial charge in [-0.1, -0.05) is 18.7 Å². The molecule has 2 radical (unpaired) electrons. The second-order valence-electron chi connectivity index (χ2n) is 4.87. The Balaban J connectivity index is 2.41. The highest BCUT2D eigenvalue weighted by molar-refractivity contribution is 7.12. The fourth-order valence-corrected chi connectivity index (χ4v) is 3.76. The number of rotatable bonds is 0. The van der Waals surface area contributed by atoms with Crippen molar-refractivity contribution < 1.29 is 0 Å². The van der Waals surface area contributed by atoms with E-state index in [1.807, 2.05) is 11.3 Å². The van der Waals surface area contributed by atoms with E-state index >= 15 is 0 Å². The van der Waals surface area contributed by atoms with Crippen molar-refractivity contribution in [3.63, 3.8) is 0 Å². The van der Waals surface area contributed by atoms with Crippen LogP contribution in [-0.2, 0) is 12.8 Å². The van der Waals surface area contributed by atoms with Crippen molar-refractivity contribution in [2.45, 2.75) is 51.8 Å². The zero-order chi connectivity index (χ0) is 10.3. The van der Waals surface area contributed by atoms with Gasteiger partial charge in [0.1, 0.15) is 0 Å². The van der Waals surface area contributed by atoms with E-state index in [4.69, 9.17) is 7.85 Å². The summed E-state index contributed by atoms with van der Waals surface area (Å²) in [4.78, 5) is 3.02. The quantitative estimate of drug-likeness (QED) is 0.447. The van der Waals surface area contributed by atoms with Crippen LogP contribution < -0.4 is 0 Å². The number of hydrogen-bond donors (Lipinski definition) is 0. The van der Waals surface area contributed by atoms with Crippen LogP contribution in [0.1, 0.15) is 40.6 Å². The largest absolute Gasteiger partial charge is 0.145 e. The van der Waals surface area contributed by atoms with E-state index in [1.54, 1.807) is 10.4 Å². The van der Waals surface area contributed by atoms with Gasteiger partial charge >= 0.3 is 0 Å². The Morgan fingerprint density at radius 1 is 1.36 bits per heavy atom. The van der Waals surface area contributed by atoms with Crippen LogP contribution in [0.5, 0.6) is 0 Å². The predicted molar refractivity (Wildman–Crippen MR) is 64.6 cm³/mol. The minimum atomic E-state index is 0.0228. The predicted octanol–water partition coefficient (Wildman–Crippen LogP) is 3.59. The van der Waals surface area contributed by atoms with E-state index < -0.39 is 0 Å². The van der Waals surface area contributed by atoms with Crippen molar-refractivity contribution in [1.29, 1.82) is 0 Å². The molecule has 0 amide bonds. The molecule has 0 spiro atoms. The summed E-state index contributed by atoms with van der Waals surface area (Å²) in [6.45, 7) is 6.67. The zero-order valence-corrected chi connectivity index (χ0v) is 10.1. The van der Waals surface area contributed by atoms with E-state index in [0.717, 1.165) is 12.8 Å². The summed E-state index contributed by atoms with van der Waals surface area (Å²) < 4.78 is 0. The minimum Gasteiger partial charge on any atom is -0.145 e. The first kappa shape index (κ1) is 10.3. The molecule has 1 atom stereocenters. The van der Waals surface area contributed by atoms with Crippen LogP contribution in [0.2, 0.25) is 5.31 Å². The average Bonchev–Trinajstić information content (AvgIpc) is 2.28. The highest BCUT2D eigenvalue weighted by atomic mass is 32.1. The number of fused-ring (bicyclic) bond motifs is 1. The number of aryl methyl sites for hydroxylation is 1. The molecule has 0 saturated carbocycles. The van der Waals surface area contributed by atoms with Gasteiger partial charge in [-0.15, -0.1) is 11.3 Å². The zero-order valence-electron chi connectivity index (χ0n) is 9.31. The molecule has 1 unspecified atom stereocenters. The summed E-state index contributed by atoms with van der Waals surface area (Å²) in [5, 5.41) is 0.0228. The summed E-state index contributed by atoms with van der Waals surface area (Å²) in [7, 11) is 6.26. The van der Waals surface area contributed by atoms with Crippen molar-refractivity contribution in [3.8, 4) is 0 Å². The Labute approximate surface area is 92.1 Å². The molecule has 2 heteroatoms. The van der Waals surface area contributed by atoms with E-state index in [1.165, 1.54) is 23.3 Å². The lowest BCUT2D eigenvalue weighted by molar-refractivity contribution is 0.553. The molecule has 1 aromatic heterocycles. The van der Waals surface area contributed by atoms with Crippen LogP contribution in [0.15, 0.2) is 0 Å². The van der Waals surface area contributed by atoms with Gasteiger partial charge in [-0.25, -0.2) is 0 Å². The van der Waals surface area contributed by atoms with Crippen LogP contribution in [0.4, 0.5) is 0 Å². The lowest BCUT2D eigenvalue weighted by Crippen LogP contribution is -2.09. The molecule has 0 bridgehead atoms. The molecule has 0 fully saturated rings. The molecule has 1 aromatic rings. The standard InChI is InChI=1S/C12H17BS/c1-8-9(2)14-11-7-12(3,13)6-4-5-10(8)11/h4-7H2,1-3H3. The maximum atomic E-state index is 6.26. The first-order valence-electron chi connectivity index (χ1n) is 5.36. The van der Waals surface area contributed by atoms with Gasteiger partial charge in [0.15, 0.2) is 0 Å². The SMILES string of the molecule is [B]C1(C)CCCc2c(sc(C)c2C)C1. The van der Waals surface area contributed by atoms with Gasteiger partial charge < -0.3 is 0 Å². The summed E-state index contributed by atoms with van der Waals surface area (Å²) in [6.07, 6.45) is 4.71. The van der Waals surface area contributed by atoms with E-state index in [2.05, 4.69) is 20.8 Å². The molecule has 1 aliphatic rings. The molecule has 0 aliphatic heterocycles. The van der Waals surface area contributed by atoms with Gasteiger partial charge in [-0.2, -0.15) is 0 Å². The lowest BCUT2D eigenvalue weighted by Gasteiger charge is -2.21. The number of thiophene rings is 1. The molecule has 1 aliphatic carbocycles. The third-order valence-electron chi connectivity index (χ3n) is 3.33. The fourth-order valence-electron chi connectivity index (χ4n) is 2.34. The smallest absolute Gasteiger partial charge is 0.0747 e. The lowest BCUT2D eigenvalue weighted by atomic mass is 9.66. The Morgan fingerprint density at radius 3 is 2.79 bits per heavy atom. The maximum Gasteiger partial charge on any atom is 0.0747 e. The van der Waals surface area contributed by atoms with Crippen LogP contribution in [-0.4, -0.2) is 7.85 Å².